The summed E-state index contributed by atoms with van der Waals surface area (Å²) in [4.78, 5) is 38.5. The van der Waals surface area contributed by atoms with Gasteiger partial charge in [0.1, 0.15) is 23.6 Å². The number of nitrogens with zero attached hydrogens (tertiary/aromatic N) is 3. The van der Waals surface area contributed by atoms with E-state index in [0.29, 0.717) is 35.5 Å². The van der Waals surface area contributed by atoms with Crippen molar-refractivity contribution in [2.75, 3.05) is 13.1 Å². The molecule has 0 aliphatic carbocycles. The molecule has 3 amide bonds. The number of carbonyl (C=O) groups is 3. The standard InChI is InChI=1S/C24H25N5O5.BrH/c1-13(26-24(34)18-10-5-11-29(18)19(30)12-25)23(33)28-27-17-9-4-8-16-20(17)22(32)15-7-3-2-6-14(15)21(16)31;/h2-4,6-9,13,18,31-32H,5,10-12,25H2,1H3,(H,26,34);1H/t13-,18-;/m0./s1. The number of aromatic hydroxyl groups is 2. The van der Waals surface area contributed by atoms with Gasteiger partial charge in [-0.1, -0.05) is 36.4 Å². The average Bonchev–Trinajstić information content (AvgIpc) is 3.35. The molecule has 5 N–H and O–H groups in total. The van der Waals surface area contributed by atoms with Gasteiger partial charge in [-0.05, 0) is 25.8 Å². The van der Waals surface area contributed by atoms with Crippen molar-refractivity contribution in [1.29, 1.82) is 0 Å². The monoisotopic (exact) mass is 543 g/mol. The van der Waals surface area contributed by atoms with Gasteiger partial charge in [-0.25, -0.2) is 0 Å². The van der Waals surface area contributed by atoms with Crippen LogP contribution in [0.4, 0.5) is 5.69 Å². The topological polar surface area (TPSA) is 158 Å². The zero-order valence-corrected chi connectivity index (χ0v) is 20.7. The van der Waals surface area contributed by atoms with E-state index in [4.69, 9.17) is 5.73 Å². The largest absolute Gasteiger partial charge is 0.507 e. The highest BCUT2D eigenvalue weighted by molar-refractivity contribution is 8.93. The van der Waals surface area contributed by atoms with E-state index in [-0.39, 0.29) is 52.0 Å². The van der Waals surface area contributed by atoms with E-state index >= 15 is 0 Å². The molecule has 3 aromatic carbocycles. The quantitative estimate of drug-likeness (QED) is 0.220. The van der Waals surface area contributed by atoms with E-state index < -0.39 is 23.9 Å². The van der Waals surface area contributed by atoms with Crippen LogP contribution in [-0.4, -0.2) is 58.0 Å². The van der Waals surface area contributed by atoms with Gasteiger partial charge < -0.3 is 26.2 Å². The molecule has 2 atom stereocenters. The van der Waals surface area contributed by atoms with Crippen LogP contribution in [0.3, 0.4) is 0 Å². The Bertz CT molecular complexity index is 1330. The number of phenols is 2. The van der Waals surface area contributed by atoms with E-state index in [0.717, 1.165) is 0 Å². The van der Waals surface area contributed by atoms with Crippen LogP contribution in [0.15, 0.2) is 52.7 Å². The molecule has 1 fully saturated rings. The molecule has 1 aliphatic rings. The summed E-state index contributed by atoms with van der Waals surface area (Å²) < 4.78 is 0. The SMILES string of the molecule is Br.C[C@H](NC(=O)[C@@H]1CCCN1C(=O)CN)C(=O)N=Nc1cccc2c(O)c3ccccc3c(O)c12. The number of likely N-dealkylation sites (tertiary alicyclic amines) is 1. The van der Waals surface area contributed by atoms with Gasteiger partial charge in [0.25, 0.3) is 5.91 Å². The van der Waals surface area contributed by atoms with E-state index in [1.54, 1.807) is 42.5 Å². The lowest BCUT2D eigenvalue weighted by Crippen LogP contribution is -2.50. The van der Waals surface area contributed by atoms with Gasteiger partial charge in [0.2, 0.25) is 11.8 Å². The summed E-state index contributed by atoms with van der Waals surface area (Å²) in [5.74, 6) is -1.57. The van der Waals surface area contributed by atoms with Crippen LogP contribution < -0.4 is 11.1 Å². The number of halogens is 1. The lowest BCUT2D eigenvalue weighted by Gasteiger charge is -2.24. The first-order valence-corrected chi connectivity index (χ1v) is 10.9. The first-order chi connectivity index (χ1) is 16.3. The van der Waals surface area contributed by atoms with Crippen LogP contribution in [0.5, 0.6) is 11.5 Å². The Morgan fingerprint density at radius 1 is 1.09 bits per heavy atom. The summed E-state index contributed by atoms with van der Waals surface area (Å²) in [6, 6.07) is 10.0. The van der Waals surface area contributed by atoms with Gasteiger partial charge >= 0.3 is 0 Å². The number of nitrogens with two attached hydrogens (primary N) is 1. The Balaban J connectivity index is 0.00000342. The van der Waals surface area contributed by atoms with E-state index in [2.05, 4.69) is 15.5 Å². The van der Waals surface area contributed by atoms with Gasteiger partial charge in [0, 0.05) is 22.7 Å². The van der Waals surface area contributed by atoms with Crippen LogP contribution in [0.1, 0.15) is 19.8 Å². The Morgan fingerprint density at radius 3 is 2.43 bits per heavy atom. The van der Waals surface area contributed by atoms with Crippen molar-refractivity contribution in [3.63, 3.8) is 0 Å². The molecule has 1 saturated heterocycles. The van der Waals surface area contributed by atoms with Crippen molar-refractivity contribution in [3.8, 4) is 11.5 Å². The predicted octanol–water partition coefficient (Wildman–Crippen LogP) is 3.05. The summed E-state index contributed by atoms with van der Waals surface area (Å²) in [6.45, 7) is 1.74. The van der Waals surface area contributed by atoms with Gasteiger partial charge in [0.05, 0.1) is 17.6 Å². The Hall–Kier alpha value is -3.57. The summed E-state index contributed by atoms with van der Waals surface area (Å²) >= 11 is 0. The molecule has 1 heterocycles. The predicted molar refractivity (Wildman–Crippen MR) is 136 cm³/mol. The number of rotatable bonds is 5. The second-order valence-corrected chi connectivity index (χ2v) is 8.16. The van der Waals surface area contributed by atoms with Gasteiger partial charge in [0.15, 0.2) is 0 Å². The zero-order valence-electron chi connectivity index (χ0n) is 19.0. The lowest BCUT2D eigenvalue weighted by atomic mass is 9.99. The number of hydrogen-bond donors (Lipinski definition) is 4. The first kappa shape index (κ1) is 26.0. The molecule has 4 rings (SSSR count). The van der Waals surface area contributed by atoms with E-state index in [9.17, 15) is 24.6 Å². The number of benzene rings is 3. The maximum Gasteiger partial charge on any atom is 0.286 e. The summed E-state index contributed by atoms with van der Waals surface area (Å²) in [6.07, 6.45) is 1.17. The molecule has 1 aliphatic heterocycles. The van der Waals surface area contributed by atoms with Gasteiger partial charge in [-0.2, -0.15) is 0 Å². The third kappa shape index (κ3) is 4.96. The van der Waals surface area contributed by atoms with Crippen molar-refractivity contribution in [3.05, 3.63) is 42.5 Å². The Kier molecular flexibility index (Phi) is 8.03. The normalized spacial score (nSPS) is 16.4. The van der Waals surface area contributed by atoms with Crippen LogP contribution in [0.2, 0.25) is 0 Å². The summed E-state index contributed by atoms with van der Waals surface area (Å²) in [5, 5.41) is 33.4. The van der Waals surface area contributed by atoms with Gasteiger partial charge in [-0.15, -0.1) is 27.2 Å². The van der Waals surface area contributed by atoms with Crippen molar-refractivity contribution in [2.24, 2.45) is 16.0 Å². The fraction of sp³-hybridized carbons (Fsp3) is 0.292. The highest BCUT2D eigenvalue weighted by atomic mass is 79.9. The number of azo groups is 1. The number of amides is 3. The Labute approximate surface area is 211 Å². The molecule has 0 bridgehead atoms. The van der Waals surface area contributed by atoms with Crippen molar-refractivity contribution < 1.29 is 24.6 Å². The number of phenolic OH excluding ortho intramolecular Hbond substituents is 2. The molecule has 0 spiro atoms. The van der Waals surface area contributed by atoms with Crippen LogP contribution in [-0.2, 0) is 14.4 Å². The molecule has 11 heteroatoms. The number of hydrogen-bond acceptors (Lipinski definition) is 7. The Morgan fingerprint density at radius 2 is 1.74 bits per heavy atom. The average molecular weight is 544 g/mol. The molecular formula is C24H26BrN5O5. The van der Waals surface area contributed by atoms with Crippen molar-refractivity contribution in [2.45, 2.75) is 31.8 Å². The molecule has 0 aromatic heterocycles. The summed E-state index contributed by atoms with van der Waals surface area (Å²) in [5.41, 5.74) is 5.60. The lowest BCUT2D eigenvalue weighted by molar-refractivity contribution is -0.138. The first-order valence-electron chi connectivity index (χ1n) is 10.9. The fourth-order valence-corrected chi connectivity index (χ4v) is 4.26. The molecule has 0 saturated carbocycles. The summed E-state index contributed by atoms with van der Waals surface area (Å²) in [7, 11) is 0. The van der Waals surface area contributed by atoms with Crippen molar-refractivity contribution in [1.82, 2.24) is 10.2 Å². The number of carbonyl (C=O) groups excluding carboxylic acids is 3. The highest BCUT2D eigenvalue weighted by Gasteiger charge is 2.34. The second kappa shape index (κ2) is 10.8. The third-order valence-electron chi connectivity index (χ3n) is 6.01. The minimum atomic E-state index is -0.982. The molecule has 10 nitrogen and oxygen atoms in total. The fourth-order valence-electron chi connectivity index (χ4n) is 4.26. The maximum absolute atomic E-state index is 12.6. The number of nitrogens with one attached hydrogen (secondary N) is 1. The molecule has 3 aromatic rings. The van der Waals surface area contributed by atoms with E-state index in [1.807, 2.05) is 0 Å². The molecule has 184 valence electrons. The van der Waals surface area contributed by atoms with Crippen molar-refractivity contribution >= 4 is 61.9 Å². The third-order valence-corrected chi connectivity index (χ3v) is 6.01. The van der Waals surface area contributed by atoms with Gasteiger partial charge in [-0.3, -0.25) is 14.4 Å². The van der Waals surface area contributed by atoms with Crippen LogP contribution in [0.25, 0.3) is 21.5 Å². The van der Waals surface area contributed by atoms with Crippen LogP contribution >= 0.6 is 17.0 Å². The molecule has 0 unspecified atom stereocenters. The molecule has 0 radical (unpaired) electrons. The highest BCUT2D eigenvalue weighted by Crippen LogP contribution is 2.45. The minimum Gasteiger partial charge on any atom is -0.507 e. The number of fused-ring (bicyclic) bond motifs is 2. The molecule has 35 heavy (non-hydrogen) atoms. The second-order valence-electron chi connectivity index (χ2n) is 8.16. The molecular weight excluding hydrogens is 518 g/mol. The minimum absolute atomic E-state index is 0. The smallest absolute Gasteiger partial charge is 0.286 e. The zero-order chi connectivity index (χ0) is 24.4. The van der Waals surface area contributed by atoms with Crippen LogP contribution in [0, 0.1) is 0 Å². The van der Waals surface area contributed by atoms with E-state index in [1.165, 1.54) is 11.8 Å². The maximum atomic E-state index is 12.6.